The fourth-order valence-electron chi connectivity index (χ4n) is 1.68. The molecule has 90 valence electrons. The average Bonchev–Trinajstić information content (AvgIpc) is 2.70. The number of benzene rings is 1. The maximum Gasteiger partial charge on any atom is 0.128 e. The monoisotopic (exact) mass is 252 g/mol. The van der Waals surface area contributed by atoms with E-state index >= 15 is 0 Å². The number of hydrogen-bond acceptors (Lipinski definition) is 4. The number of hydrogen-bond donors (Lipinski definition) is 1. The Morgan fingerprint density at radius 2 is 2.24 bits per heavy atom. The Kier molecular flexibility index (Phi) is 3.40. The molecule has 0 fully saturated rings. The van der Waals surface area contributed by atoms with Gasteiger partial charge in [-0.1, -0.05) is 0 Å². The summed E-state index contributed by atoms with van der Waals surface area (Å²) >= 11 is 1.52. The Labute approximate surface area is 103 Å². The smallest absolute Gasteiger partial charge is 0.128 e. The van der Waals surface area contributed by atoms with E-state index in [0.29, 0.717) is 23.6 Å². The maximum absolute atomic E-state index is 13.3. The standard InChI is InChI=1S/C12H13FN2OS/c1-7-15-12(11(6-14)17-7)9-5-8(13)3-4-10(9)16-2/h3-5H,6,14H2,1-2H3. The number of nitrogens with two attached hydrogens (primary N) is 1. The number of aryl methyl sites for hydroxylation is 1. The molecule has 0 aliphatic rings. The molecule has 3 nitrogen and oxygen atoms in total. The van der Waals surface area contributed by atoms with E-state index in [9.17, 15) is 4.39 Å². The first kappa shape index (κ1) is 12.0. The number of rotatable bonds is 3. The van der Waals surface area contributed by atoms with Crippen LogP contribution < -0.4 is 10.5 Å². The van der Waals surface area contributed by atoms with Gasteiger partial charge in [0.2, 0.25) is 0 Å². The Hall–Kier alpha value is -1.46. The Morgan fingerprint density at radius 3 is 2.88 bits per heavy atom. The van der Waals surface area contributed by atoms with Crippen LogP contribution >= 0.6 is 11.3 Å². The van der Waals surface area contributed by atoms with Crippen LogP contribution in [0.25, 0.3) is 11.3 Å². The molecule has 0 spiro atoms. The summed E-state index contributed by atoms with van der Waals surface area (Å²) in [6.45, 7) is 2.29. The summed E-state index contributed by atoms with van der Waals surface area (Å²) < 4.78 is 18.5. The molecule has 5 heteroatoms. The second kappa shape index (κ2) is 4.81. The highest BCUT2D eigenvalue weighted by molar-refractivity contribution is 7.12. The van der Waals surface area contributed by atoms with Crippen molar-refractivity contribution < 1.29 is 9.13 Å². The molecule has 1 aromatic heterocycles. The number of thiazole rings is 1. The Balaban J connectivity index is 2.61. The number of halogens is 1. The Morgan fingerprint density at radius 1 is 1.47 bits per heavy atom. The summed E-state index contributed by atoms with van der Waals surface area (Å²) in [5.41, 5.74) is 7.03. The van der Waals surface area contributed by atoms with Crippen molar-refractivity contribution in [3.05, 3.63) is 33.9 Å². The van der Waals surface area contributed by atoms with Crippen LogP contribution in [0, 0.1) is 12.7 Å². The maximum atomic E-state index is 13.3. The SMILES string of the molecule is COc1ccc(F)cc1-c1nc(C)sc1CN. The molecular formula is C12H13FN2OS. The van der Waals surface area contributed by atoms with Gasteiger partial charge in [0.1, 0.15) is 11.6 Å². The molecule has 2 aromatic rings. The second-order valence-corrected chi connectivity index (χ2v) is 4.84. The van der Waals surface area contributed by atoms with E-state index in [1.807, 2.05) is 6.92 Å². The largest absolute Gasteiger partial charge is 0.496 e. The van der Waals surface area contributed by atoms with E-state index in [0.717, 1.165) is 9.88 Å². The highest BCUT2D eigenvalue weighted by Crippen LogP contribution is 2.34. The molecule has 0 atom stereocenters. The van der Waals surface area contributed by atoms with E-state index in [2.05, 4.69) is 4.98 Å². The minimum atomic E-state index is -0.311. The third-order valence-electron chi connectivity index (χ3n) is 2.41. The van der Waals surface area contributed by atoms with Crippen LogP contribution in [0.15, 0.2) is 18.2 Å². The summed E-state index contributed by atoms with van der Waals surface area (Å²) in [6, 6.07) is 4.38. The van der Waals surface area contributed by atoms with Crippen molar-refractivity contribution >= 4 is 11.3 Å². The summed E-state index contributed by atoms with van der Waals surface area (Å²) in [6.07, 6.45) is 0. The molecule has 0 saturated heterocycles. The van der Waals surface area contributed by atoms with Crippen molar-refractivity contribution in [2.45, 2.75) is 13.5 Å². The van der Waals surface area contributed by atoms with Crippen LogP contribution in [0.1, 0.15) is 9.88 Å². The quantitative estimate of drug-likeness (QED) is 0.913. The molecule has 0 saturated carbocycles. The molecule has 0 amide bonds. The van der Waals surface area contributed by atoms with Crippen molar-refractivity contribution in [2.75, 3.05) is 7.11 Å². The highest BCUT2D eigenvalue weighted by Gasteiger charge is 2.15. The zero-order chi connectivity index (χ0) is 12.4. The van der Waals surface area contributed by atoms with Gasteiger partial charge in [0.05, 0.1) is 17.8 Å². The molecule has 2 rings (SSSR count). The van der Waals surface area contributed by atoms with Crippen LogP contribution in [0.2, 0.25) is 0 Å². The van der Waals surface area contributed by atoms with E-state index in [1.165, 1.54) is 23.5 Å². The summed E-state index contributed by atoms with van der Waals surface area (Å²) in [4.78, 5) is 5.33. The van der Waals surface area contributed by atoms with E-state index in [-0.39, 0.29) is 5.82 Å². The fourth-order valence-corrected chi connectivity index (χ4v) is 2.51. The molecule has 0 unspecified atom stereocenters. The van der Waals surface area contributed by atoms with Crippen molar-refractivity contribution in [1.82, 2.24) is 4.98 Å². The van der Waals surface area contributed by atoms with Crippen LogP contribution in [-0.2, 0) is 6.54 Å². The minimum Gasteiger partial charge on any atom is -0.496 e. The van der Waals surface area contributed by atoms with E-state index in [4.69, 9.17) is 10.5 Å². The lowest BCUT2D eigenvalue weighted by Gasteiger charge is -2.07. The van der Waals surface area contributed by atoms with Gasteiger partial charge in [0, 0.05) is 17.0 Å². The number of methoxy groups -OCH3 is 1. The number of aromatic nitrogens is 1. The van der Waals surface area contributed by atoms with Gasteiger partial charge in [-0.3, -0.25) is 0 Å². The molecule has 1 heterocycles. The molecule has 0 radical (unpaired) electrons. The van der Waals surface area contributed by atoms with Gasteiger partial charge in [-0.25, -0.2) is 9.37 Å². The lowest BCUT2D eigenvalue weighted by molar-refractivity contribution is 0.415. The van der Waals surface area contributed by atoms with Crippen molar-refractivity contribution in [3.63, 3.8) is 0 Å². The minimum absolute atomic E-state index is 0.311. The van der Waals surface area contributed by atoms with Gasteiger partial charge in [-0.05, 0) is 25.1 Å². The lowest BCUT2D eigenvalue weighted by atomic mass is 10.1. The molecule has 17 heavy (non-hydrogen) atoms. The van der Waals surface area contributed by atoms with Crippen LogP contribution in [0.5, 0.6) is 5.75 Å². The first-order valence-electron chi connectivity index (χ1n) is 5.16. The zero-order valence-corrected chi connectivity index (χ0v) is 10.5. The molecule has 0 bridgehead atoms. The predicted molar refractivity (Wildman–Crippen MR) is 66.7 cm³/mol. The first-order chi connectivity index (χ1) is 8.15. The van der Waals surface area contributed by atoms with Crippen molar-refractivity contribution in [1.29, 1.82) is 0 Å². The summed E-state index contributed by atoms with van der Waals surface area (Å²) in [5, 5.41) is 0.909. The topological polar surface area (TPSA) is 48.1 Å². The van der Waals surface area contributed by atoms with Gasteiger partial charge in [-0.15, -0.1) is 11.3 Å². The summed E-state index contributed by atoms with van der Waals surface area (Å²) in [7, 11) is 1.55. The highest BCUT2D eigenvalue weighted by atomic mass is 32.1. The lowest BCUT2D eigenvalue weighted by Crippen LogP contribution is -1.97. The predicted octanol–water partition coefficient (Wildman–Crippen LogP) is 2.72. The zero-order valence-electron chi connectivity index (χ0n) is 9.66. The second-order valence-electron chi connectivity index (χ2n) is 3.55. The van der Waals surface area contributed by atoms with Gasteiger partial charge in [0.15, 0.2) is 0 Å². The van der Waals surface area contributed by atoms with E-state index in [1.54, 1.807) is 13.2 Å². The third kappa shape index (κ3) is 2.30. The fraction of sp³-hybridized carbons (Fsp3) is 0.250. The van der Waals surface area contributed by atoms with E-state index < -0.39 is 0 Å². The molecule has 0 aliphatic carbocycles. The van der Waals surface area contributed by atoms with Gasteiger partial charge >= 0.3 is 0 Å². The summed E-state index contributed by atoms with van der Waals surface area (Å²) in [5.74, 6) is 0.292. The third-order valence-corrected chi connectivity index (χ3v) is 3.40. The van der Waals surface area contributed by atoms with Crippen molar-refractivity contribution in [2.24, 2.45) is 5.73 Å². The molecular weight excluding hydrogens is 239 g/mol. The first-order valence-corrected chi connectivity index (χ1v) is 5.97. The molecule has 0 aliphatic heterocycles. The van der Waals surface area contributed by atoms with Gasteiger partial charge in [-0.2, -0.15) is 0 Å². The molecule has 1 aromatic carbocycles. The van der Waals surface area contributed by atoms with Crippen LogP contribution in [0.3, 0.4) is 0 Å². The normalized spacial score (nSPS) is 10.6. The van der Waals surface area contributed by atoms with Crippen LogP contribution in [-0.4, -0.2) is 12.1 Å². The van der Waals surface area contributed by atoms with Crippen LogP contribution in [0.4, 0.5) is 4.39 Å². The Bertz CT molecular complexity index is 539. The number of ether oxygens (including phenoxy) is 1. The van der Waals surface area contributed by atoms with Crippen molar-refractivity contribution in [3.8, 4) is 17.0 Å². The van der Waals surface area contributed by atoms with Gasteiger partial charge < -0.3 is 10.5 Å². The average molecular weight is 252 g/mol. The van der Waals surface area contributed by atoms with Gasteiger partial charge in [0.25, 0.3) is 0 Å². The number of nitrogens with zero attached hydrogens (tertiary/aromatic N) is 1. The molecule has 2 N–H and O–H groups in total.